The molecule has 0 aliphatic heterocycles. The molecule has 2 aromatic carbocycles. The molecule has 0 saturated carbocycles. The third-order valence-corrected chi connectivity index (χ3v) is 5.07. The standard InChI is InChI=1S/C23H29N5O3/c1-4-5-14-31-28(21(16(2)3)23(29)30)15-17-10-12-18(13-11-17)19-8-6-7-9-20(19)22-24-26-27-25-22/h6-13,16,21H,4-5,14-15H2,1-3H3,(H,29,30)(H,24,25,26,27)/t21-/m0/s1. The van der Waals surface area contributed by atoms with Crippen molar-refractivity contribution < 1.29 is 14.7 Å². The van der Waals surface area contributed by atoms with Gasteiger partial charge in [0, 0.05) is 5.56 Å². The number of hydroxylamine groups is 2. The number of carboxylic acids is 1. The van der Waals surface area contributed by atoms with E-state index in [2.05, 4.69) is 27.5 Å². The average molecular weight is 424 g/mol. The minimum Gasteiger partial charge on any atom is -0.480 e. The van der Waals surface area contributed by atoms with E-state index in [1.165, 1.54) is 0 Å². The zero-order valence-electron chi connectivity index (χ0n) is 18.2. The molecule has 8 nitrogen and oxygen atoms in total. The van der Waals surface area contributed by atoms with Gasteiger partial charge in [0.05, 0.1) is 13.2 Å². The van der Waals surface area contributed by atoms with Gasteiger partial charge in [-0.3, -0.25) is 9.63 Å². The van der Waals surface area contributed by atoms with Gasteiger partial charge < -0.3 is 5.11 Å². The Bertz CT molecular complexity index is 958. The Hall–Kier alpha value is -3.10. The normalized spacial score (nSPS) is 12.4. The molecule has 2 N–H and O–H groups in total. The van der Waals surface area contributed by atoms with Crippen molar-refractivity contribution in [1.82, 2.24) is 25.7 Å². The second-order valence-corrected chi connectivity index (χ2v) is 7.77. The Labute approximate surface area is 182 Å². The van der Waals surface area contributed by atoms with E-state index in [-0.39, 0.29) is 5.92 Å². The van der Waals surface area contributed by atoms with Crippen LogP contribution in [0.5, 0.6) is 0 Å². The highest BCUT2D eigenvalue weighted by Gasteiger charge is 2.30. The van der Waals surface area contributed by atoms with Crippen LogP contribution >= 0.6 is 0 Å². The predicted molar refractivity (Wildman–Crippen MR) is 118 cm³/mol. The molecule has 164 valence electrons. The lowest BCUT2D eigenvalue weighted by Gasteiger charge is -2.30. The molecule has 1 atom stereocenters. The van der Waals surface area contributed by atoms with Crippen LogP contribution in [0.1, 0.15) is 39.2 Å². The number of hydrogen-bond acceptors (Lipinski definition) is 6. The van der Waals surface area contributed by atoms with Crippen molar-refractivity contribution in [1.29, 1.82) is 0 Å². The summed E-state index contributed by atoms with van der Waals surface area (Å²) in [6, 6.07) is 15.2. The van der Waals surface area contributed by atoms with Crippen LogP contribution in [0, 0.1) is 5.92 Å². The number of aromatic nitrogens is 4. The minimum atomic E-state index is -0.878. The fourth-order valence-electron chi connectivity index (χ4n) is 3.47. The summed E-state index contributed by atoms with van der Waals surface area (Å²) < 4.78 is 0. The molecule has 3 aromatic rings. The maximum atomic E-state index is 11.9. The summed E-state index contributed by atoms with van der Waals surface area (Å²) in [5.74, 6) is -0.422. The van der Waals surface area contributed by atoms with Gasteiger partial charge in [-0.05, 0) is 34.2 Å². The number of aromatic amines is 1. The number of H-pyrrole nitrogens is 1. The highest BCUT2D eigenvalue weighted by molar-refractivity contribution is 5.80. The van der Waals surface area contributed by atoms with E-state index in [4.69, 9.17) is 4.84 Å². The van der Waals surface area contributed by atoms with Gasteiger partial charge >= 0.3 is 5.97 Å². The molecule has 0 amide bonds. The number of nitrogens with one attached hydrogen (secondary N) is 1. The number of aliphatic carboxylic acids is 1. The van der Waals surface area contributed by atoms with Crippen LogP contribution in [0.4, 0.5) is 0 Å². The summed E-state index contributed by atoms with van der Waals surface area (Å²) >= 11 is 0. The van der Waals surface area contributed by atoms with E-state index in [1.54, 1.807) is 5.06 Å². The fourth-order valence-corrected chi connectivity index (χ4v) is 3.47. The molecule has 3 rings (SSSR count). The van der Waals surface area contributed by atoms with Gasteiger partial charge in [-0.1, -0.05) is 75.7 Å². The van der Waals surface area contributed by atoms with Crippen LogP contribution in [0.25, 0.3) is 22.5 Å². The van der Waals surface area contributed by atoms with Crippen LogP contribution in [0.15, 0.2) is 48.5 Å². The zero-order valence-corrected chi connectivity index (χ0v) is 18.2. The number of carbonyl (C=O) groups is 1. The maximum Gasteiger partial charge on any atom is 0.323 e. The van der Waals surface area contributed by atoms with Crippen molar-refractivity contribution in [3.63, 3.8) is 0 Å². The second kappa shape index (κ2) is 10.8. The van der Waals surface area contributed by atoms with Crippen LogP contribution in [-0.4, -0.2) is 49.4 Å². The smallest absolute Gasteiger partial charge is 0.323 e. The summed E-state index contributed by atoms with van der Waals surface area (Å²) in [7, 11) is 0. The molecule has 31 heavy (non-hydrogen) atoms. The summed E-state index contributed by atoms with van der Waals surface area (Å²) in [6.45, 7) is 6.77. The quantitative estimate of drug-likeness (QED) is 0.352. The number of hydrogen-bond donors (Lipinski definition) is 2. The van der Waals surface area contributed by atoms with Gasteiger partial charge in [-0.2, -0.15) is 10.3 Å². The number of nitrogens with zero attached hydrogens (tertiary/aromatic N) is 4. The molecule has 0 spiro atoms. The first-order chi connectivity index (χ1) is 15.0. The lowest BCUT2D eigenvalue weighted by Crippen LogP contribution is -2.44. The molecule has 0 fully saturated rings. The molecule has 0 bridgehead atoms. The third kappa shape index (κ3) is 5.74. The Morgan fingerprint density at radius 2 is 1.84 bits per heavy atom. The molecule has 0 radical (unpaired) electrons. The van der Waals surface area contributed by atoms with Gasteiger partial charge in [0.15, 0.2) is 0 Å². The second-order valence-electron chi connectivity index (χ2n) is 7.77. The third-order valence-electron chi connectivity index (χ3n) is 5.07. The molecule has 1 heterocycles. The van der Waals surface area contributed by atoms with Gasteiger partial charge in [-0.25, -0.2) is 0 Å². The van der Waals surface area contributed by atoms with E-state index >= 15 is 0 Å². The fraction of sp³-hybridized carbons (Fsp3) is 0.391. The maximum absolute atomic E-state index is 11.9. The molecule has 0 aliphatic rings. The number of benzene rings is 2. The van der Waals surface area contributed by atoms with Crippen molar-refractivity contribution in [2.75, 3.05) is 6.61 Å². The lowest BCUT2D eigenvalue weighted by molar-refractivity contribution is -0.212. The van der Waals surface area contributed by atoms with Crippen molar-refractivity contribution in [3.05, 3.63) is 54.1 Å². The minimum absolute atomic E-state index is 0.0831. The summed E-state index contributed by atoms with van der Waals surface area (Å²) in [4.78, 5) is 17.7. The van der Waals surface area contributed by atoms with E-state index in [0.29, 0.717) is 19.0 Å². The Morgan fingerprint density at radius 3 is 2.42 bits per heavy atom. The van der Waals surface area contributed by atoms with Crippen LogP contribution < -0.4 is 0 Å². The van der Waals surface area contributed by atoms with Crippen LogP contribution in [0.3, 0.4) is 0 Å². The van der Waals surface area contributed by atoms with Gasteiger partial charge in [0.2, 0.25) is 5.82 Å². The number of unbranched alkanes of at least 4 members (excludes halogenated alkanes) is 1. The topological polar surface area (TPSA) is 104 Å². The average Bonchev–Trinajstić information content (AvgIpc) is 3.29. The van der Waals surface area contributed by atoms with Gasteiger partial charge in [0.25, 0.3) is 0 Å². The van der Waals surface area contributed by atoms with Crippen LogP contribution in [-0.2, 0) is 16.2 Å². The van der Waals surface area contributed by atoms with E-state index < -0.39 is 12.0 Å². The lowest BCUT2D eigenvalue weighted by atomic mass is 9.98. The molecular formula is C23H29N5O3. The Balaban J connectivity index is 1.82. The first-order valence-corrected chi connectivity index (χ1v) is 10.6. The number of rotatable bonds is 11. The van der Waals surface area contributed by atoms with Gasteiger partial charge in [-0.15, -0.1) is 10.2 Å². The van der Waals surface area contributed by atoms with Crippen molar-refractivity contribution in [3.8, 4) is 22.5 Å². The molecule has 1 aromatic heterocycles. The Kier molecular flexibility index (Phi) is 7.86. The van der Waals surface area contributed by atoms with E-state index in [0.717, 1.165) is 35.1 Å². The number of carboxylic acid groups (broad SMARTS) is 1. The predicted octanol–water partition coefficient (Wildman–Crippen LogP) is 4.18. The first kappa shape index (κ1) is 22.6. The largest absolute Gasteiger partial charge is 0.480 e. The molecule has 8 heteroatoms. The highest BCUT2D eigenvalue weighted by Crippen LogP contribution is 2.30. The summed E-state index contributed by atoms with van der Waals surface area (Å²) in [5, 5.41) is 25.6. The van der Waals surface area contributed by atoms with Crippen molar-refractivity contribution in [2.24, 2.45) is 5.92 Å². The van der Waals surface area contributed by atoms with E-state index in [1.807, 2.05) is 62.4 Å². The van der Waals surface area contributed by atoms with Crippen molar-refractivity contribution >= 4 is 5.97 Å². The molecule has 0 unspecified atom stereocenters. The Morgan fingerprint density at radius 1 is 1.13 bits per heavy atom. The summed E-state index contributed by atoms with van der Waals surface area (Å²) in [5.41, 5.74) is 3.88. The van der Waals surface area contributed by atoms with Crippen molar-refractivity contribution in [2.45, 2.75) is 46.2 Å². The summed E-state index contributed by atoms with van der Waals surface area (Å²) in [6.07, 6.45) is 1.87. The highest BCUT2D eigenvalue weighted by atomic mass is 16.7. The zero-order chi connectivity index (χ0) is 22.2. The van der Waals surface area contributed by atoms with Gasteiger partial charge in [0.1, 0.15) is 6.04 Å². The SMILES string of the molecule is CCCCON(Cc1ccc(-c2ccccc2-c2nn[nH]n2)cc1)[C@H](C(=O)O)C(C)C. The molecule has 0 aliphatic carbocycles. The molecular weight excluding hydrogens is 394 g/mol. The first-order valence-electron chi connectivity index (χ1n) is 10.6. The number of tetrazole rings is 1. The van der Waals surface area contributed by atoms with E-state index in [9.17, 15) is 9.90 Å². The van der Waals surface area contributed by atoms with Crippen LogP contribution in [0.2, 0.25) is 0 Å². The molecule has 0 saturated heterocycles. The monoisotopic (exact) mass is 423 g/mol.